The van der Waals surface area contributed by atoms with Gasteiger partial charge in [0, 0.05) is 11.8 Å². The summed E-state index contributed by atoms with van der Waals surface area (Å²) < 4.78 is 38.5. The van der Waals surface area contributed by atoms with Crippen LogP contribution in [0.15, 0.2) is 35.5 Å². The Kier molecular flexibility index (Phi) is 12.4. The normalized spacial score (nSPS) is 31.2. The minimum atomic E-state index is -1.49. The molecule has 0 amide bonds. The Labute approximate surface area is 266 Å². The van der Waals surface area contributed by atoms with Crippen LogP contribution in [0, 0.1) is 38.9 Å². The van der Waals surface area contributed by atoms with Crippen LogP contribution in [0.2, 0.25) is 0 Å². The fraction of sp³-hybridized carbons (Fsp3) is 0.829. The summed E-state index contributed by atoms with van der Waals surface area (Å²) in [5.74, 6) is 0.478. The van der Waals surface area contributed by atoms with Gasteiger partial charge in [-0.2, -0.15) is 0 Å². The second-order valence-corrected chi connectivity index (χ2v) is 19.7. The van der Waals surface area contributed by atoms with Crippen molar-refractivity contribution in [2.75, 3.05) is 26.4 Å². The quantitative estimate of drug-likeness (QED) is 0.194. The third kappa shape index (κ3) is 10.7. The van der Waals surface area contributed by atoms with Crippen molar-refractivity contribution < 1.29 is 27.1 Å². The summed E-state index contributed by atoms with van der Waals surface area (Å²) in [5.41, 5.74) is 2.40. The molecule has 248 valence electrons. The summed E-state index contributed by atoms with van der Waals surface area (Å²) in [7, 11) is -2.95. The summed E-state index contributed by atoms with van der Waals surface area (Å²) in [4.78, 5) is 0. The first kappa shape index (κ1) is 37.3. The van der Waals surface area contributed by atoms with Crippen LogP contribution < -0.4 is 0 Å². The van der Waals surface area contributed by atoms with E-state index in [0.29, 0.717) is 26.4 Å². The molecule has 2 aliphatic heterocycles. The zero-order valence-electron chi connectivity index (χ0n) is 29.7. The van der Waals surface area contributed by atoms with Crippen LogP contribution in [0.5, 0.6) is 0 Å². The van der Waals surface area contributed by atoms with Gasteiger partial charge in [-0.15, -0.1) is 0 Å². The van der Waals surface area contributed by atoms with Gasteiger partial charge >= 0.3 is 17.2 Å². The average Bonchev–Trinajstić information content (AvgIpc) is 2.85. The van der Waals surface area contributed by atoms with Crippen LogP contribution in [0.25, 0.3) is 0 Å². The predicted octanol–water partition coefficient (Wildman–Crippen LogP) is 10.9. The molecular formula is C35H62O6P2. The van der Waals surface area contributed by atoms with Gasteiger partial charge in [0.2, 0.25) is 0 Å². The molecule has 0 aromatic carbocycles. The molecule has 0 N–H and O–H groups in total. The Morgan fingerprint density at radius 1 is 0.884 bits per heavy atom. The summed E-state index contributed by atoms with van der Waals surface area (Å²) in [6.07, 6.45) is 11.0. The Balaban J connectivity index is 1.64. The lowest BCUT2D eigenvalue weighted by Gasteiger charge is -2.46. The van der Waals surface area contributed by atoms with Crippen molar-refractivity contribution in [3.8, 4) is 0 Å². The second kappa shape index (κ2) is 14.3. The van der Waals surface area contributed by atoms with Crippen molar-refractivity contribution in [2.24, 2.45) is 38.9 Å². The molecule has 1 spiro atoms. The molecule has 6 nitrogen and oxygen atoms in total. The molecule has 3 aliphatic rings. The van der Waals surface area contributed by atoms with E-state index in [2.05, 4.69) is 121 Å². The van der Waals surface area contributed by atoms with Gasteiger partial charge in [-0.1, -0.05) is 120 Å². The third-order valence-electron chi connectivity index (χ3n) is 8.44. The average molecular weight is 641 g/mol. The van der Waals surface area contributed by atoms with E-state index in [0.717, 1.165) is 12.8 Å². The van der Waals surface area contributed by atoms with Crippen molar-refractivity contribution in [3.63, 3.8) is 0 Å². The van der Waals surface area contributed by atoms with Gasteiger partial charge in [0.25, 0.3) is 0 Å². The lowest BCUT2D eigenvalue weighted by Crippen LogP contribution is -2.46. The van der Waals surface area contributed by atoms with Crippen molar-refractivity contribution in [1.82, 2.24) is 0 Å². The largest absolute Gasteiger partial charge is 0.333 e. The minimum Gasteiger partial charge on any atom is -0.311 e. The Bertz CT molecular complexity index is 989. The third-order valence-corrected chi connectivity index (χ3v) is 10.6. The predicted molar refractivity (Wildman–Crippen MR) is 181 cm³/mol. The highest BCUT2D eigenvalue weighted by molar-refractivity contribution is 7.42. The topological polar surface area (TPSA) is 55.4 Å². The van der Waals surface area contributed by atoms with Gasteiger partial charge in [0.1, 0.15) is 0 Å². The van der Waals surface area contributed by atoms with Crippen molar-refractivity contribution in [3.05, 3.63) is 35.5 Å². The molecule has 0 aromatic rings. The smallest absolute Gasteiger partial charge is 0.311 e. The molecule has 0 aromatic heterocycles. The molecule has 43 heavy (non-hydrogen) atoms. The van der Waals surface area contributed by atoms with E-state index >= 15 is 0 Å². The van der Waals surface area contributed by atoms with E-state index in [4.69, 9.17) is 27.1 Å². The molecule has 4 atom stereocenters. The number of hydrogen-bond acceptors (Lipinski definition) is 6. The first-order valence-electron chi connectivity index (χ1n) is 16.2. The second-order valence-electron chi connectivity index (χ2n) is 17.4. The molecule has 2 saturated heterocycles. The first-order chi connectivity index (χ1) is 19.6. The van der Waals surface area contributed by atoms with E-state index in [-0.39, 0.29) is 51.1 Å². The lowest BCUT2D eigenvalue weighted by atomic mass is 9.67. The monoisotopic (exact) mass is 640 g/mol. The highest BCUT2D eigenvalue weighted by Crippen LogP contribution is 2.57. The van der Waals surface area contributed by atoms with Crippen LogP contribution in [0.4, 0.5) is 0 Å². The molecule has 2 unspecified atom stereocenters. The van der Waals surface area contributed by atoms with E-state index in [1.807, 2.05) is 0 Å². The minimum absolute atomic E-state index is 0.00272. The van der Waals surface area contributed by atoms with Crippen molar-refractivity contribution in [2.45, 2.75) is 122 Å². The molecule has 0 saturated carbocycles. The van der Waals surface area contributed by atoms with Gasteiger partial charge in [-0.25, -0.2) is 0 Å². The molecule has 0 bridgehead atoms. The van der Waals surface area contributed by atoms with E-state index < -0.39 is 17.2 Å². The summed E-state index contributed by atoms with van der Waals surface area (Å²) in [6.45, 7) is 33.5. The lowest BCUT2D eigenvalue weighted by molar-refractivity contribution is -0.0874. The molecule has 2 heterocycles. The highest BCUT2D eigenvalue weighted by atomic mass is 31.2. The number of rotatable bonds is 8. The zero-order valence-corrected chi connectivity index (χ0v) is 31.5. The van der Waals surface area contributed by atoms with Gasteiger partial charge in [0.15, 0.2) is 0 Å². The van der Waals surface area contributed by atoms with E-state index in [9.17, 15) is 0 Å². The number of hydrogen-bond donors (Lipinski definition) is 0. The van der Waals surface area contributed by atoms with Crippen LogP contribution in [0.1, 0.15) is 110 Å². The molecule has 1 aliphatic carbocycles. The summed E-state index contributed by atoms with van der Waals surface area (Å²) >= 11 is 0. The fourth-order valence-corrected chi connectivity index (χ4v) is 8.67. The highest BCUT2D eigenvalue weighted by Gasteiger charge is 2.48. The zero-order chi connectivity index (χ0) is 32.4. The summed E-state index contributed by atoms with van der Waals surface area (Å²) in [6, 6.07) is 0. The Morgan fingerprint density at radius 2 is 1.42 bits per heavy atom. The standard InChI is InChI=1S/C35H62O6P2/c1-15-16-17-26(32(6,7)8)29(20-31(3,4)5)40-42-36-21-35(22-37-42)23-38-43(39-24-35)41-30-27(33(9,10)11)18-25(2)19-28(30)34(12,13)14/h16-19,26-27,29-30H,15,20-24H2,1-14H3/b17-16+/t26?,27?,29-,30-,35?,42?,43?/m1/s1. The summed E-state index contributed by atoms with van der Waals surface area (Å²) in [5, 5.41) is 0. The van der Waals surface area contributed by atoms with Gasteiger partial charge in [0.05, 0.1) is 44.1 Å². The van der Waals surface area contributed by atoms with Crippen LogP contribution in [0.3, 0.4) is 0 Å². The van der Waals surface area contributed by atoms with Gasteiger partial charge in [-0.3, -0.25) is 0 Å². The van der Waals surface area contributed by atoms with Crippen LogP contribution in [-0.4, -0.2) is 38.6 Å². The van der Waals surface area contributed by atoms with Crippen molar-refractivity contribution in [1.29, 1.82) is 0 Å². The first-order valence-corrected chi connectivity index (χ1v) is 18.4. The number of allylic oxidation sites excluding steroid dienone is 3. The Morgan fingerprint density at radius 3 is 1.86 bits per heavy atom. The Hall–Kier alpha value is -0.160. The van der Waals surface area contributed by atoms with E-state index in [1.165, 1.54) is 11.1 Å². The van der Waals surface area contributed by atoms with E-state index in [1.54, 1.807) is 0 Å². The fourth-order valence-electron chi connectivity index (χ4n) is 5.90. The molecule has 0 radical (unpaired) electrons. The van der Waals surface area contributed by atoms with Crippen molar-refractivity contribution >= 4 is 17.2 Å². The molecule has 3 rings (SSSR count). The maximum Gasteiger partial charge on any atom is 0.333 e. The molecule has 8 heteroatoms. The molecule has 2 fully saturated rings. The van der Waals surface area contributed by atoms with Crippen LogP contribution >= 0.6 is 17.2 Å². The maximum absolute atomic E-state index is 6.70. The van der Waals surface area contributed by atoms with Gasteiger partial charge in [-0.05, 0) is 47.0 Å². The van der Waals surface area contributed by atoms with Gasteiger partial charge < -0.3 is 27.1 Å². The van der Waals surface area contributed by atoms with Crippen LogP contribution in [-0.2, 0) is 27.1 Å². The maximum atomic E-state index is 6.70. The SMILES string of the molecule is CC/C=C/C([C@@H](CC(C)(C)C)OP1OCC2(CO1)COP(O[C@H]1C(C(C)(C)C)=CC(C)=CC1C(C)(C)C)OC2)C(C)(C)C. The molecular weight excluding hydrogens is 578 g/mol.